The molecule has 5 rings (SSSR count). The molecule has 172 valence electrons. The van der Waals surface area contributed by atoms with Crippen LogP contribution in [0.4, 0.5) is 0 Å². The minimum atomic E-state index is -0.637. The zero-order valence-electron chi connectivity index (χ0n) is 17.7. The summed E-state index contributed by atoms with van der Waals surface area (Å²) < 4.78 is 2.88. The Kier molecular flexibility index (Phi) is 5.91. The summed E-state index contributed by atoms with van der Waals surface area (Å²) in [7, 11) is 0. The molecule has 0 saturated carbocycles. The first kappa shape index (κ1) is 22.9. The van der Waals surface area contributed by atoms with Crippen molar-refractivity contribution in [2.45, 2.75) is 0 Å². The summed E-state index contributed by atoms with van der Waals surface area (Å²) in [5.41, 5.74) is 3.95. The largest absolute Gasteiger partial charge is 0.272 e. The molecule has 0 fully saturated rings. The van der Waals surface area contributed by atoms with Crippen molar-refractivity contribution >= 4 is 60.5 Å². The molecule has 3 aromatic carbocycles. The van der Waals surface area contributed by atoms with Gasteiger partial charge in [0.2, 0.25) is 0 Å². The molecule has 1 aliphatic rings. The van der Waals surface area contributed by atoms with Gasteiger partial charge in [-0.2, -0.15) is 5.01 Å². The minimum absolute atomic E-state index is 0.204. The van der Waals surface area contributed by atoms with Crippen LogP contribution in [-0.4, -0.2) is 32.3 Å². The molecule has 0 unspecified atom stereocenters. The van der Waals surface area contributed by atoms with Crippen molar-refractivity contribution in [1.82, 2.24) is 20.0 Å². The molecule has 0 aliphatic carbocycles. The van der Waals surface area contributed by atoms with Crippen molar-refractivity contribution in [2.24, 2.45) is 0 Å². The van der Waals surface area contributed by atoms with Crippen LogP contribution in [0.2, 0.25) is 0 Å². The number of imide groups is 1. The summed E-state index contributed by atoms with van der Waals surface area (Å²) in [6, 6.07) is 19.1. The molecule has 0 bridgehead atoms. The van der Waals surface area contributed by atoms with Crippen LogP contribution < -0.4 is 11.0 Å². The first-order chi connectivity index (χ1) is 16.8. The summed E-state index contributed by atoms with van der Waals surface area (Å²) in [5, 5.41) is 1.04. The lowest BCUT2D eigenvalue weighted by Gasteiger charge is -2.16. The first-order valence-corrected chi connectivity index (χ1v) is 11.9. The number of benzene rings is 3. The van der Waals surface area contributed by atoms with E-state index in [1.807, 2.05) is 36.4 Å². The number of carbonyl (C=O) groups excluding carboxylic acids is 3. The topological polar surface area (TPSA) is 101 Å². The van der Waals surface area contributed by atoms with Crippen LogP contribution in [0.15, 0.2) is 92.6 Å². The molecule has 0 atom stereocenters. The zero-order valence-corrected chi connectivity index (χ0v) is 20.9. The van der Waals surface area contributed by atoms with E-state index in [2.05, 4.69) is 37.3 Å². The van der Waals surface area contributed by atoms with Crippen LogP contribution in [0, 0.1) is 0 Å². The molecule has 0 saturated heterocycles. The number of hydrogen-bond donors (Lipinski definition) is 1. The Hall–Kier alpha value is -3.89. The Morgan fingerprint density at radius 3 is 2.17 bits per heavy atom. The molecule has 3 amide bonds. The summed E-state index contributed by atoms with van der Waals surface area (Å²) >= 11 is 6.92. The van der Waals surface area contributed by atoms with E-state index in [0.717, 1.165) is 22.2 Å². The predicted octanol–water partition coefficient (Wildman–Crippen LogP) is 4.15. The number of hydrogen-bond acceptors (Lipinski definition) is 5. The minimum Gasteiger partial charge on any atom is -0.268 e. The number of carbonyl (C=O) groups is 3. The number of nitrogens with one attached hydrogen (secondary N) is 1. The zero-order chi connectivity index (χ0) is 24.7. The monoisotopic (exact) mass is 592 g/mol. The van der Waals surface area contributed by atoms with Gasteiger partial charge in [-0.1, -0.05) is 46.3 Å². The van der Waals surface area contributed by atoms with Crippen molar-refractivity contribution < 1.29 is 14.4 Å². The quantitative estimate of drug-likeness (QED) is 0.358. The maximum atomic E-state index is 13.7. The molecule has 35 heavy (non-hydrogen) atoms. The fraction of sp³-hybridized carbons (Fsp3) is 0. The van der Waals surface area contributed by atoms with E-state index in [-0.39, 0.29) is 11.1 Å². The van der Waals surface area contributed by atoms with Crippen LogP contribution in [0.5, 0.6) is 0 Å². The fourth-order valence-electron chi connectivity index (χ4n) is 3.67. The third kappa shape index (κ3) is 4.22. The van der Waals surface area contributed by atoms with Crippen molar-refractivity contribution in [2.75, 3.05) is 0 Å². The Balaban J connectivity index is 1.60. The number of nitrogens with zero attached hydrogens (tertiary/aromatic N) is 3. The van der Waals surface area contributed by atoms with E-state index in [1.54, 1.807) is 18.2 Å². The van der Waals surface area contributed by atoms with Gasteiger partial charge in [-0.05, 0) is 52.3 Å². The van der Waals surface area contributed by atoms with Crippen LogP contribution >= 0.6 is 31.9 Å². The molecule has 2 heterocycles. The van der Waals surface area contributed by atoms with E-state index in [1.165, 1.54) is 16.7 Å². The molecule has 0 spiro atoms. The Morgan fingerprint density at radius 1 is 0.857 bits per heavy atom. The van der Waals surface area contributed by atoms with Gasteiger partial charge in [0.25, 0.3) is 23.3 Å². The van der Waals surface area contributed by atoms with Crippen LogP contribution in [0.1, 0.15) is 10.4 Å². The predicted molar refractivity (Wildman–Crippen MR) is 137 cm³/mol. The summed E-state index contributed by atoms with van der Waals surface area (Å²) in [6.07, 6.45) is 2.15. The summed E-state index contributed by atoms with van der Waals surface area (Å²) in [6.45, 7) is 0. The first-order valence-electron chi connectivity index (χ1n) is 10.3. The SMILES string of the molecule is O=C(NN1C(=O)C=CC1=O)c1ccc(-n2c(-c3ccccc3)nc3c(Br)cc(Br)cc3c2=O)cc1. The van der Waals surface area contributed by atoms with Gasteiger partial charge in [-0.3, -0.25) is 29.2 Å². The van der Waals surface area contributed by atoms with E-state index >= 15 is 0 Å². The van der Waals surface area contributed by atoms with Gasteiger partial charge in [0.15, 0.2) is 0 Å². The average Bonchev–Trinajstić information content (AvgIpc) is 3.17. The standard InChI is InChI=1S/C25H14Br2N4O4/c26-16-12-18-22(19(27)13-16)28-23(14-4-2-1-3-5-14)30(25(18)35)17-8-6-15(7-9-17)24(34)29-31-20(32)10-11-21(31)33/h1-13H,(H,29,34). The molecular weight excluding hydrogens is 580 g/mol. The van der Waals surface area contributed by atoms with Gasteiger partial charge in [-0.15, -0.1) is 0 Å². The lowest BCUT2D eigenvalue weighted by molar-refractivity contribution is -0.139. The summed E-state index contributed by atoms with van der Waals surface area (Å²) in [5.74, 6) is -1.46. The highest BCUT2D eigenvalue weighted by molar-refractivity contribution is 9.11. The van der Waals surface area contributed by atoms with Gasteiger partial charge in [0.05, 0.1) is 16.6 Å². The van der Waals surface area contributed by atoms with Crippen molar-refractivity contribution in [3.8, 4) is 17.1 Å². The normalized spacial score (nSPS) is 13.0. The molecule has 1 aromatic heterocycles. The van der Waals surface area contributed by atoms with E-state index in [9.17, 15) is 19.2 Å². The van der Waals surface area contributed by atoms with Crippen LogP contribution in [0.25, 0.3) is 28.0 Å². The second-order valence-corrected chi connectivity index (χ2v) is 9.33. The lowest BCUT2D eigenvalue weighted by Crippen LogP contribution is -2.46. The molecule has 0 radical (unpaired) electrons. The highest BCUT2D eigenvalue weighted by atomic mass is 79.9. The van der Waals surface area contributed by atoms with Crippen LogP contribution in [0.3, 0.4) is 0 Å². The van der Waals surface area contributed by atoms with Gasteiger partial charge in [0, 0.05) is 32.2 Å². The van der Waals surface area contributed by atoms with Gasteiger partial charge in [0.1, 0.15) is 5.82 Å². The van der Waals surface area contributed by atoms with Gasteiger partial charge >= 0.3 is 0 Å². The average molecular weight is 594 g/mol. The molecule has 10 heteroatoms. The van der Waals surface area contributed by atoms with E-state index in [4.69, 9.17) is 4.98 Å². The second-order valence-electron chi connectivity index (χ2n) is 7.56. The van der Waals surface area contributed by atoms with E-state index in [0.29, 0.717) is 31.9 Å². The van der Waals surface area contributed by atoms with Crippen LogP contribution in [-0.2, 0) is 9.59 Å². The number of amides is 3. The Bertz CT molecular complexity index is 1600. The van der Waals surface area contributed by atoms with Gasteiger partial charge in [-0.25, -0.2) is 4.98 Å². The Morgan fingerprint density at radius 2 is 1.51 bits per heavy atom. The summed E-state index contributed by atoms with van der Waals surface area (Å²) in [4.78, 5) is 54.4. The van der Waals surface area contributed by atoms with Crippen molar-refractivity contribution in [1.29, 1.82) is 0 Å². The highest BCUT2D eigenvalue weighted by Crippen LogP contribution is 2.29. The third-order valence-electron chi connectivity index (χ3n) is 5.33. The lowest BCUT2D eigenvalue weighted by atomic mass is 10.1. The third-order valence-corrected chi connectivity index (χ3v) is 6.40. The molecule has 1 N–H and O–H groups in total. The Labute approximate surface area is 215 Å². The highest BCUT2D eigenvalue weighted by Gasteiger charge is 2.26. The maximum Gasteiger partial charge on any atom is 0.272 e. The molecule has 1 aliphatic heterocycles. The fourth-order valence-corrected chi connectivity index (χ4v) is 4.99. The smallest absolute Gasteiger partial charge is 0.268 e. The number of hydrazine groups is 1. The molecular formula is C25H14Br2N4O4. The number of halogens is 2. The van der Waals surface area contributed by atoms with E-state index < -0.39 is 17.7 Å². The molecule has 4 aromatic rings. The number of rotatable bonds is 4. The van der Waals surface area contributed by atoms with Gasteiger partial charge < -0.3 is 0 Å². The molecule has 8 nitrogen and oxygen atoms in total. The second kappa shape index (κ2) is 9.05. The number of fused-ring (bicyclic) bond motifs is 1. The van der Waals surface area contributed by atoms with Crippen molar-refractivity contribution in [3.63, 3.8) is 0 Å². The van der Waals surface area contributed by atoms with Crippen molar-refractivity contribution in [3.05, 3.63) is 104 Å². The maximum absolute atomic E-state index is 13.7. The number of aromatic nitrogens is 2.